The summed E-state index contributed by atoms with van der Waals surface area (Å²) in [5.41, 5.74) is 2.95. The third-order valence-electron chi connectivity index (χ3n) is 4.31. The van der Waals surface area contributed by atoms with Crippen LogP contribution < -0.4 is 10.1 Å². The second-order valence-corrected chi connectivity index (χ2v) is 5.70. The fraction of sp³-hybridized carbons (Fsp3) is 0.588. The predicted molar refractivity (Wildman–Crippen MR) is 81.7 cm³/mol. The first-order valence-corrected chi connectivity index (χ1v) is 7.54. The molecule has 0 spiro atoms. The van der Waals surface area contributed by atoms with Crippen LogP contribution >= 0.6 is 0 Å². The predicted octanol–water partition coefficient (Wildman–Crippen LogP) is 3.42. The van der Waals surface area contributed by atoms with Crippen LogP contribution in [0.15, 0.2) is 12.1 Å². The molecule has 1 aromatic rings. The number of hydrogen-bond acceptors (Lipinski definition) is 3. The van der Waals surface area contributed by atoms with Gasteiger partial charge in [-0.25, -0.2) is 0 Å². The standard InChI is InChI=1S/C17H25NO2/c1-12-7-9-15(17(20-3)13(12)2)16(19)10-8-14-6-4-5-11-18-14/h7,9,14,18H,4-6,8,10-11H2,1-3H3. The number of hydrogen-bond donors (Lipinski definition) is 1. The Hall–Kier alpha value is -1.35. The highest BCUT2D eigenvalue weighted by molar-refractivity contribution is 5.99. The van der Waals surface area contributed by atoms with E-state index in [0.717, 1.165) is 35.4 Å². The maximum Gasteiger partial charge on any atom is 0.166 e. The Bertz CT molecular complexity index is 476. The molecule has 1 aliphatic heterocycles. The average Bonchev–Trinajstić information content (AvgIpc) is 2.48. The molecule has 3 nitrogen and oxygen atoms in total. The lowest BCUT2D eigenvalue weighted by atomic mass is 9.95. The largest absolute Gasteiger partial charge is 0.496 e. The van der Waals surface area contributed by atoms with Gasteiger partial charge in [0, 0.05) is 12.5 Å². The van der Waals surface area contributed by atoms with E-state index in [1.54, 1.807) is 7.11 Å². The number of nitrogens with one attached hydrogen (secondary N) is 1. The molecule has 0 aliphatic carbocycles. The smallest absolute Gasteiger partial charge is 0.166 e. The molecule has 1 aliphatic rings. The summed E-state index contributed by atoms with van der Waals surface area (Å²) in [6.07, 6.45) is 5.25. The minimum Gasteiger partial charge on any atom is -0.496 e. The van der Waals surface area contributed by atoms with Gasteiger partial charge < -0.3 is 10.1 Å². The molecule has 1 unspecified atom stereocenters. The summed E-state index contributed by atoms with van der Waals surface area (Å²) < 4.78 is 5.43. The fourth-order valence-electron chi connectivity index (χ4n) is 2.88. The molecule has 1 heterocycles. The van der Waals surface area contributed by atoms with Crippen molar-refractivity contribution < 1.29 is 9.53 Å². The van der Waals surface area contributed by atoms with E-state index in [1.807, 2.05) is 26.0 Å². The molecule has 110 valence electrons. The van der Waals surface area contributed by atoms with Gasteiger partial charge >= 0.3 is 0 Å². The minimum atomic E-state index is 0.192. The minimum absolute atomic E-state index is 0.192. The fourth-order valence-corrected chi connectivity index (χ4v) is 2.88. The molecule has 0 amide bonds. The molecule has 1 aromatic carbocycles. The second kappa shape index (κ2) is 6.89. The molecule has 0 radical (unpaired) electrons. The van der Waals surface area contributed by atoms with Gasteiger partial charge in [0.1, 0.15) is 5.75 Å². The summed E-state index contributed by atoms with van der Waals surface area (Å²) in [5.74, 6) is 0.934. The Labute approximate surface area is 121 Å². The van der Waals surface area contributed by atoms with E-state index in [2.05, 4.69) is 5.32 Å². The lowest BCUT2D eigenvalue weighted by Crippen LogP contribution is -2.34. The number of ketones is 1. The van der Waals surface area contributed by atoms with Gasteiger partial charge in [-0.3, -0.25) is 4.79 Å². The number of carbonyl (C=O) groups excluding carboxylic acids is 1. The van der Waals surface area contributed by atoms with Crippen LogP contribution in [0.3, 0.4) is 0 Å². The Balaban J connectivity index is 2.03. The quantitative estimate of drug-likeness (QED) is 0.837. The van der Waals surface area contributed by atoms with Crippen molar-refractivity contribution in [3.05, 3.63) is 28.8 Å². The number of carbonyl (C=O) groups is 1. The summed E-state index contributed by atoms with van der Waals surface area (Å²) in [4.78, 5) is 12.4. The van der Waals surface area contributed by atoms with Crippen LogP contribution in [0.2, 0.25) is 0 Å². The van der Waals surface area contributed by atoms with E-state index in [-0.39, 0.29) is 5.78 Å². The molecule has 1 N–H and O–H groups in total. The zero-order valence-electron chi connectivity index (χ0n) is 12.8. The summed E-state index contributed by atoms with van der Waals surface area (Å²) in [5, 5.41) is 3.49. The van der Waals surface area contributed by atoms with Gasteiger partial charge in [0.05, 0.1) is 12.7 Å². The Morgan fingerprint density at radius 1 is 1.35 bits per heavy atom. The molecule has 1 saturated heterocycles. The van der Waals surface area contributed by atoms with E-state index in [9.17, 15) is 4.79 Å². The van der Waals surface area contributed by atoms with Crippen molar-refractivity contribution in [2.75, 3.05) is 13.7 Å². The van der Waals surface area contributed by atoms with Gasteiger partial charge in [-0.2, -0.15) is 0 Å². The first kappa shape index (κ1) is 15.0. The first-order chi connectivity index (χ1) is 9.63. The van der Waals surface area contributed by atoms with Crippen LogP contribution in [0.1, 0.15) is 53.6 Å². The SMILES string of the molecule is COc1c(C(=O)CCC2CCCCN2)ccc(C)c1C. The normalized spacial score (nSPS) is 18.9. The van der Waals surface area contributed by atoms with Crippen LogP contribution in [0.5, 0.6) is 5.75 Å². The van der Waals surface area contributed by atoms with Crippen molar-refractivity contribution in [2.45, 2.75) is 52.0 Å². The Morgan fingerprint density at radius 2 is 2.15 bits per heavy atom. The van der Waals surface area contributed by atoms with E-state index in [4.69, 9.17) is 4.74 Å². The van der Waals surface area contributed by atoms with Crippen molar-refractivity contribution >= 4 is 5.78 Å². The maximum absolute atomic E-state index is 12.4. The molecule has 0 bridgehead atoms. The zero-order valence-corrected chi connectivity index (χ0v) is 12.8. The van der Waals surface area contributed by atoms with Gasteiger partial charge in [-0.1, -0.05) is 12.5 Å². The van der Waals surface area contributed by atoms with Crippen molar-refractivity contribution in [1.29, 1.82) is 0 Å². The van der Waals surface area contributed by atoms with Crippen molar-refractivity contribution in [1.82, 2.24) is 5.32 Å². The van der Waals surface area contributed by atoms with Gasteiger partial charge in [0.25, 0.3) is 0 Å². The average molecular weight is 275 g/mol. The summed E-state index contributed by atoms with van der Waals surface area (Å²) in [6, 6.07) is 4.41. The van der Waals surface area contributed by atoms with E-state index in [1.165, 1.54) is 19.3 Å². The molecule has 1 fully saturated rings. The highest BCUT2D eigenvalue weighted by atomic mass is 16.5. The van der Waals surface area contributed by atoms with E-state index in [0.29, 0.717) is 12.5 Å². The summed E-state index contributed by atoms with van der Waals surface area (Å²) in [6.45, 7) is 5.14. The summed E-state index contributed by atoms with van der Waals surface area (Å²) in [7, 11) is 1.64. The monoisotopic (exact) mass is 275 g/mol. The lowest BCUT2D eigenvalue weighted by Gasteiger charge is -2.23. The van der Waals surface area contributed by atoms with E-state index >= 15 is 0 Å². The molecular formula is C17H25NO2. The third-order valence-corrected chi connectivity index (χ3v) is 4.31. The zero-order chi connectivity index (χ0) is 14.5. The number of ether oxygens (including phenoxy) is 1. The highest BCUT2D eigenvalue weighted by Gasteiger charge is 2.18. The second-order valence-electron chi connectivity index (χ2n) is 5.70. The van der Waals surface area contributed by atoms with Crippen molar-refractivity contribution in [3.8, 4) is 5.75 Å². The molecule has 2 rings (SSSR count). The number of piperidine rings is 1. The molecule has 0 aromatic heterocycles. The van der Waals surface area contributed by atoms with Crippen LogP contribution in [-0.2, 0) is 0 Å². The number of aryl methyl sites for hydroxylation is 1. The van der Waals surface area contributed by atoms with Crippen LogP contribution in [0.25, 0.3) is 0 Å². The Morgan fingerprint density at radius 3 is 2.80 bits per heavy atom. The highest BCUT2D eigenvalue weighted by Crippen LogP contribution is 2.27. The lowest BCUT2D eigenvalue weighted by molar-refractivity contribution is 0.0971. The summed E-state index contributed by atoms with van der Waals surface area (Å²) >= 11 is 0. The molecular weight excluding hydrogens is 250 g/mol. The maximum atomic E-state index is 12.4. The van der Waals surface area contributed by atoms with Gasteiger partial charge in [-0.15, -0.1) is 0 Å². The number of rotatable bonds is 5. The van der Waals surface area contributed by atoms with Gasteiger partial charge in [0.2, 0.25) is 0 Å². The Kier molecular flexibility index (Phi) is 5.18. The van der Waals surface area contributed by atoms with Crippen molar-refractivity contribution in [2.24, 2.45) is 0 Å². The molecule has 20 heavy (non-hydrogen) atoms. The third kappa shape index (κ3) is 3.40. The molecule has 1 atom stereocenters. The van der Waals surface area contributed by atoms with Crippen LogP contribution in [0.4, 0.5) is 0 Å². The number of methoxy groups -OCH3 is 1. The number of benzene rings is 1. The van der Waals surface area contributed by atoms with E-state index < -0.39 is 0 Å². The van der Waals surface area contributed by atoms with Crippen LogP contribution in [0, 0.1) is 13.8 Å². The molecule has 0 saturated carbocycles. The van der Waals surface area contributed by atoms with Crippen molar-refractivity contribution in [3.63, 3.8) is 0 Å². The number of Topliss-reactive ketones (excluding diaryl/α,β-unsaturated/α-hetero) is 1. The molecule has 3 heteroatoms. The van der Waals surface area contributed by atoms with Gasteiger partial charge in [0.15, 0.2) is 5.78 Å². The van der Waals surface area contributed by atoms with Gasteiger partial charge in [-0.05, 0) is 56.8 Å². The topological polar surface area (TPSA) is 38.3 Å². The first-order valence-electron chi connectivity index (χ1n) is 7.54. The van der Waals surface area contributed by atoms with Crippen LogP contribution in [-0.4, -0.2) is 25.5 Å².